The van der Waals surface area contributed by atoms with Gasteiger partial charge in [0.1, 0.15) is 0 Å². The summed E-state index contributed by atoms with van der Waals surface area (Å²) >= 11 is 0. The van der Waals surface area contributed by atoms with Gasteiger partial charge in [-0.3, -0.25) is 0 Å². The van der Waals surface area contributed by atoms with Crippen LogP contribution >= 0.6 is 0 Å². The average molecular weight is 447 g/mol. The molecule has 0 bridgehead atoms. The minimum absolute atomic E-state index is 1.10. The van der Waals surface area contributed by atoms with Gasteiger partial charge in [-0.05, 0) is 57.3 Å². The molecule has 0 saturated carbocycles. The zero-order valence-electron chi connectivity index (χ0n) is 19.5. The molecule has 0 fully saturated rings. The summed E-state index contributed by atoms with van der Waals surface area (Å²) in [6, 6.07) is 32.3. The zero-order valence-corrected chi connectivity index (χ0v) is 21.5. The maximum atomic E-state index is 2.65. The Labute approximate surface area is 193 Å². The van der Waals surface area contributed by atoms with Crippen molar-refractivity contribution in [1.82, 2.24) is 0 Å². The van der Waals surface area contributed by atoms with Gasteiger partial charge in [0, 0.05) is 0 Å². The van der Waals surface area contributed by atoms with E-state index in [9.17, 15) is 0 Å². The largest absolute Gasteiger partial charge is 0.0795 e. The fourth-order valence-corrected chi connectivity index (χ4v) is 15.9. The SMILES string of the molecule is C[Si](C)(c1cccc2c1Cc1ccccc1-2)[Si](C)(C)c1cccc2c1Cc1ccccc1-2. The van der Waals surface area contributed by atoms with Gasteiger partial charge in [-0.25, -0.2) is 0 Å². The summed E-state index contributed by atoms with van der Waals surface area (Å²) in [5, 5.41) is 3.38. The van der Waals surface area contributed by atoms with Gasteiger partial charge < -0.3 is 0 Å². The van der Waals surface area contributed by atoms with Crippen molar-refractivity contribution in [3.63, 3.8) is 0 Å². The van der Waals surface area contributed by atoms with Crippen LogP contribution < -0.4 is 10.4 Å². The molecule has 0 aliphatic heterocycles. The van der Waals surface area contributed by atoms with E-state index < -0.39 is 15.2 Å². The van der Waals surface area contributed by atoms with Crippen LogP contribution in [0.25, 0.3) is 22.3 Å². The first-order valence-electron chi connectivity index (χ1n) is 11.8. The molecule has 2 aliphatic carbocycles. The molecule has 0 atom stereocenters. The van der Waals surface area contributed by atoms with Crippen LogP contribution in [0.15, 0.2) is 84.9 Å². The van der Waals surface area contributed by atoms with Crippen LogP contribution in [0.4, 0.5) is 0 Å². The van der Waals surface area contributed by atoms with E-state index in [4.69, 9.17) is 0 Å². The van der Waals surface area contributed by atoms with Crippen molar-refractivity contribution in [1.29, 1.82) is 0 Å². The molecule has 158 valence electrons. The second-order valence-electron chi connectivity index (χ2n) is 10.6. The van der Waals surface area contributed by atoms with Gasteiger partial charge in [0.2, 0.25) is 0 Å². The average Bonchev–Trinajstić information content (AvgIpc) is 3.37. The monoisotopic (exact) mass is 446 g/mol. The van der Waals surface area contributed by atoms with Crippen molar-refractivity contribution >= 4 is 25.6 Å². The third-order valence-corrected chi connectivity index (χ3v) is 26.4. The predicted octanol–water partition coefficient (Wildman–Crippen LogP) is 6.44. The molecule has 6 rings (SSSR count). The third kappa shape index (κ3) is 2.66. The molecule has 0 aromatic heterocycles. The Balaban J connectivity index is 1.49. The molecular weight excluding hydrogens is 417 g/mol. The first-order chi connectivity index (χ1) is 15.4. The van der Waals surface area contributed by atoms with Gasteiger partial charge in [-0.1, -0.05) is 121 Å². The van der Waals surface area contributed by atoms with Gasteiger partial charge in [0.25, 0.3) is 0 Å². The van der Waals surface area contributed by atoms with Crippen LogP contribution in [0, 0.1) is 0 Å². The van der Waals surface area contributed by atoms with Gasteiger partial charge in [-0.15, -0.1) is 0 Å². The summed E-state index contributed by atoms with van der Waals surface area (Å²) in [5.74, 6) is 0. The lowest BCUT2D eigenvalue weighted by molar-refractivity contribution is 1.27. The predicted molar refractivity (Wildman–Crippen MR) is 144 cm³/mol. The van der Waals surface area contributed by atoms with E-state index in [1.54, 1.807) is 21.5 Å². The van der Waals surface area contributed by atoms with E-state index in [2.05, 4.69) is 111 Å². The fourth-order valence-electron chi connectivity index (χ4n) is 6.16. The van der Waals surface area contributed by atoms with Crippen LogP contribution in [0.3, 0.4) is 0 Å². The van der Waals surface area contributed by atoms with E-state index in [-0.39, 0.29) is 0 Å². The van der Waals surface area contributed by atoms with Crippen molar-refractivity contribution in [3.8, 4) is 22.3 Å². The summed E-state index contributed by atoms with van der Waals surface area (Å²) in [6.07, 6.45) is 2.20. The lowest BCUT2D eigenvalue weighted by Crippen LogP contribution is -2.70. The van der Waals surface area contributed by atoms with Crippen molar-refractivity contribution < 1.29 is 0 Å². The normalized spacial score (nSPS) is 14.0. The Morgan fingerprint density at radius 1 is 0.438 bits per heavy atom. The fraction of sp³-hybridized carbons (Fsp3) is 0.200. The number of hydrogen-bond donors (Lipinski definition) is 0. The van der Waals surface area contributed by atoms with Gasteiger partial charge in [-0.2, -0.15) is 0 Å². The minimum atomic E-state index is -1.75. The van der Waals surface area contributed by atoms with Crippen LogP contribution in [-0.2, 0) is 12.8 Å². The Morgan fingerprint density at radius 3 is 1.25 bits per heavy atom. The molecule has 4 aromatic carbocycles. The van der Waals surface area contributed by atoms with Crippen LogP contribution in [0.5, 0.6) is 0 Å². The summed E-state index contributed by atoms with van der Waals surface area (Å²) in [5.41, 5.74) is 12.1. The quantitative estimate of drug-likeness (QED) is 0.274. The summed E-state index contributed by atoms with van der Waals surface area (Å²) in [4.78, 5) is 0. The second kappa shape index (κ2) is 6.90. The minimum Gasteiger partial charge on any atom is -0.0671 e. The smallest absolute Gasteiger partial charge is 0.0671 e. The summed E-state index contributed by atoms with van der Waals surface area (Å²) in [7, 11) is -3.50. The molecule has 0 radical (unpaired) electrons. The third-order valence-electron chi connectivity index (χ3n) is 8.61. The standard InChI is InChI=1S/C30H30Si2/c1-31(2,29-17-9-15-25-23-13-7-5-11-21(23)19-27(25)29)32(3,4)30-18-10-16-26-24-14-8-6-12-22(24)20-28(26)30/h5-18H,19-20H2,1-4H3. The Morgan fingerprint density at radius 2 is 0.812 bits per heavy atom. The highest BCUT2D eigenvalue weighted by atomic mass is 29.3. The molecule has 0 unspecified atom stereocenters. The molecule has 2 heteroatoms. The van der Waals surface area contributed by atoms with E-state index in [1.807, 2.05) is 0 Å². The van der Waals surface area contributed by atoms with Crippen molar-refractivity contribution in [2.45, 2.75) is 39.0 Å². The van der Waals surface area contributed by atoms with E-state index in [0.717, 1.165) is 12.8 Å². The maximum absolute atomic E-state index is 2.65. The second-order valence-corrected chi connectivity index (χ2v) is 25.7. The molecule has 0 nitrogen and oxygen atoms in total. The van der Waals surface area contributed by atoms with E-state index in [0.29, 0.717) is 0 Å². The van der Waals surface area contributed by atoms with Gasteiger partial charge in [0.05, 0.1) is 15.2 Å². The van der Waals surface area contributed by atoms with E-state index >= 15 is 0 Å². The highest BCUT2D eigenvalue weighted by Crippen LogP contribution is 2.39. The van der Waals surface area contributed by atoms with E-state index in [1.165, 1.54) is 33.4 Å². The molecular formula is C30H30Si2. The number of fused-ring (bicyclic) bond motifs is 6. The Hall–Kier alpha value is -2.69. The van der Waals surface area contributed by atoms with Crippen molar-refractivity contribution in [3.05, 3.63) is 107 Å². The maximum Gasteiger partial charge on any atom is 0.0795 e. The lowest BCUT2D eigenvalue weighted by Gasteiger charge is -2.41. The zero-order chi connectivity index (χ0) is 22.1. The Kier molecular flexibility index (Phi) is 4.31. The molecule has 0 spiro atoms. The first-order valence-corrected chi connectivity index (χ1v) is 18.8. The number of benzene rings is 4. The molecule has 0 amide bonds. The van der Waals surface area contributed by atoms with Crippen molar-refractivity contribution in [2.24, 2.45) is 0 Å². The molecule has 0 N–H and O–H groups in total. The van der Waals surface area contributed by atoms with Crippen LogP contribution in [0.1, 0.15) is 22.3 Å². The lowest BCUT2D eigenvalue weighted by atomic mass is 10.1. The van der Waals surface area contributed by atoms with Gasteiger partial charge in [0.15, 0.2) is 0 Å². The van der Waals surface area contributed by atoms with Crippen LogP contribution in [0.2, 0.25) is 26.2 Å². The molecule has 2 aliphatic rings. The molecule has 32 heavy (non-hydrogen) atoms. The Bertz CT molecular complexity index is 1270. The number of rotatable bonds is 3. The van der Waals surface area contributed by atoms with Gasteiger partial charge >= 0.3 is 0 Å². The first kappa shape index (κ1) is 20.0. The highest BCUT2D eigenvalue weighted by molar-refractivity contribution is 7.50. The molecule has 4 aromatic rings. The summed E-state index contributed by atoms with van der Waals surface area (Å²) < 4.78 is 0. The summed E-state index contributed by atoms with van der Waals surface area (Å²) in [6.45, 7) is 10.6. The van der Waals surface area contributed by atoms with Crippen LogP contribution in [-0.4, -0.2) is 15.2 Å². The molecule has 0 saturated heterocycles. The highest BCUT2D eigenvalue weighted by Gasteiger charge is 2.47. The van der Waals surface area contributed by atoms with Crippen molar-refractivity contribution in [2.75, 3.05) is 0 Å². The molecule has 0 heterocycles. The number of hydrogen-bond acceptors (Lipinski definition) is 0. The topological polar surface area (TPSA) is 0 Å².